The maximum atomic E-state index is 9.94. The van der Waals surface area contributed by atoms with Crippen LogP contribution in [-0.2, 0) is 4.79 Å². The monoisotopic (exact) mass is 193 g/mol. The fraction of sp³-hybridized carbons (Fsp3) is 0.300. The van der Waals surface area contributed by atoms with Gasteiger partial charge in [0.25, 0.3) is 0 Å². The molecule has 0 heterocycles. The summed E-state index contributed by atoms with van der Waals surface area (Å²) in [5.41, 5.74) is 0.656. The van der Waals surface area contributed by atoms with Crippen LogP contribution in [0.15, 0.2) is 34.2 Å². The molecular weight excluding hydrogens is 182 g/mol. The highest BCUT2D eigenvalue weighted by Gasteiger charge is 1.97. The van der Waals surface area contributed by atoms with E-state index in [4.69, 9.17) is 0 Å². The fourth-order valence-electron chi connectivity index (χ4n) is 0.924. The van der Waals surface area contributed by atoms with E-state index >= 15 is 0 Å². The fourth-order valence-corrected chi connectivity index (χ4v) is 1.76. The molecule has 0 unspecified atom stereocenters. The standard InChI is InChI=1S/C10H11NOS/c1-8(2)13-10-5-3-9(4-6-10)11-7-12/h3-6,8H,1-2H3. The number of hydrogen-bond donors (Lipinski definition) is 0. The lowest BCUT2D eigenvalue weighted by molar-refractivity contribution is 0.565. The Labute approximate surface area is 82.1 Å². The molecule has 0 N–H and O–H groups in total. The molecule has 1 aromatic rings. The minimum Gasteiger partial charge on any atom is -0.211 e. The Morgan fingerprint density at radius 2 is 1.92 bits per heavy atom. The van der Waals surface area contributed by atoms with Crippen LogP contribution in [0.5, 0.6) is 0 Å². The van der Waals surface area contributed by atoms with E-state index in [-0.39, 0.29) is 0 Å². The molecule has 0 spiro atoms. The summed E-state index contributed by atoms with van der Waals surface area (Å²) in [6.45, 7) is 4.28. The summed E-state index contributed by atoms with van der Waals surface area (Å²) in [7, 11) is 0. The summed E-state index contributed by atoms with van der Waals surface area (Å²) in [6.07, 6.45) is 1.51. The van der Waals surface area contributed by atoms with Crippen LogP contribution >= 0.6 is 11.8 Å². The smallest absolute Gasteiger partial charge is 0.211 e. The number of isocyanates is 1. The zero-order valence-electron chi connectivity index (χ0n) is 7.65. The van der Waals surface area contributed by atoms with Crippen LogP contribution < -0.4 is 0 Å². The first-order valence-electron chi connectivity index (χ1n) is 4.07. The molecule has 1 aromatic carbocycles. The number of thioether (sulfide) groups is 1. The normalized spacial score (nSPS) is 9.77. The van der Waals surface area contributed by atoms with Gasteiger partial charge in [-0.15, -0.1) is 11.8 Å². The van der Waals surface area contributed by atoms with Gasteiger partial charge < -0.3 is 0 Å². The van der Waals surface area contributed by atoms with Gasteiger partial charge in [0.15, 0.2) is 0 Å². The van der Waals surface area contributed by atoms with Crippen LogP contribution in [0.25, 0.3) is 0 Å². The van der Waals surface area contributed by atoms with Crippen LogP contribution in [0.3, 0.4) is 0 Å². The third-order valence-corrected chi connectivity index (χ3v) is 2.40. The van der Waals surface area contributed by atoms with Crippen LogP contribution in [0, 0.1) is 0 Å². The maximum Gasteiger partial charge on any atom is 0.240 e. The largest absolute Gasteiger partial charge is 0.240 e. The quantitative estimate of drug-likeness (QED) is 0.419. The summed E-state index contributed by atoms with van der Waals surface area (Å²) < 4.78 is 0. The summed E-state index contributed by atoms with van der Waals surface area (Å²) in [5, 5.41) is 0.570. The molecule has 0 bridgehead atoms. The van der Waals surface area contributed by atoms with Crippen molar-refractivity contribution in [2.75, 3.05) is 0 Å². The molecule has 0 saturated heterocycles. The molecule has 0 aliphatic carbocycles. The predicted octanol–water partition coefficient (Wildman–Crippen LogP) is 3.15. The topological polar surface area (TPSA) is 29.4 Å². The summed E-state index contributed by atoms with van der Waals surface area (Å²) >= 11 is 1.79. The first-order chi connectivity index (χ1) is 6.22. The molecule has 1 rings (SSSR count). The van der Waals surface area contributed by atoms with Gasteiger partial charge in [-0.05, 0) is 24.3 Å². The second-order valence-corrected chi connectivity index (χ2v) is 4.51. The Morgan fingerprint density at radius 1 is 1.31 bits per heavy atom. The van der Waals surface area contributed by atoms with Gasteiger partial charge in [-0.2, -0.15) is 4.99 Å². The molecule has 0 atom stereocenters. The average Bonchev–Trinajstić information content (AvgIpc) is 2.08. The second kappa shape index (κ2) is 4.85. The van der Waals surface area contributed by atoms with E-state index < -0.39 is 0 Å². The lowest BCUT2D eigenvalue weighted by Crippen LogP contribution is -1.84. The molecule has 0 saturated carbocycles. The Morgan fingerprint density at radius 3 is 2.38 bits per heavy atom. The SMILES string of the molecule is CC(C)Sc1ccc(N=C=O)cc1. The molecule has 2 nitrogen and oxygen atoms in total. The van der Waals surface area contributed by atoms with Crippen molar-refractivity contribution in [3.05, 3.63) is 24.3 Å². The number of nitrogens with zero attached hydrogens (tertiary/aromatic N) is 1. The van der Waals surface area contributed by atoms with Gasteiger partial charge in [-0.25, -0.2) is 4.79 Å². The molecular formula is C10H11NOS. The molecule has 0 aromatic heterocycles. The number of rotatable bonds is 3. The second-order valence-electron chi connectivity index (χ2n) is 2.86. The Hall–Kier alpha value is -1.05. The van der Waals surface area contributed by atoms with Crippen molar-refractivity contribution in [2.24, 2.45) is 4.99 Å². The van der Waals surface area contributed by atoms with Crippen molar-refractivity contribution in [2.45, 2.75) is 24.0 Å². The number of benzene rings is 1. The molecule has 0 aliphatic rings. The molecule has 0 fully saturated rings. The molecule has 0 aliphatic heterocycles. The molecule has 68 valence electrons. The highest BCUT2D eigenvalue weighted by molar-refractivity contribution is 7.99. The van der Waals surface area contributed by atoms with Gasteiger partial charge in [0.2, 0.25) is 6.08 Å². The first-order valence-corrected chi connectivity index (χ1v) is 4.95. The molecule has 3 heteroatoms. The first kappa shape index (κ1) is 10.0. The van der Waals surface area contributed by atoms with Gasteiger partial charge >= 0.3 is 0 Å². The molecule has 13 heavy (non-hydrogen) atoms. The van der Waals surface area contributed by atoms with Gasteiger partial charge in [0, 0.05) is 10.1 Å². The van der Waals surface area contributed by atoms with E-state index in [2.05, 4.69) is 18.8 Å². The minimum atomic E-state index is 0.570. The van der Waals surface area contributed by atoms with E-state index in [1.54, 1.807) is 11.8 Å². The van der Waals surface area contributed by atoms with Crippen molar-refractivity contribution in [1.29, 1.82) is 0 Å². The zero-order valence-corrected chi connectivity index (χ0v) is 8.47. The average molecular weight is 193 g/mol. The lowest BCUT2D eigenvalue weighted by Gasteiger charge is -2.03. The van der Waals surface area contributed by atoms with Crippen molar-refractivity contribution >= 4 is 23.5 Å². The minimum absolute atomic E-state index is 0.570. The van der Waals surface area contributed by atoms with E-state index in [9.17, 15) is 4.79 Å². The Balaban J connectivity index is 2.75. The summed E-state index contributed by atoms with van der Waals surface area (Å²) in [5.74, 6) is 0. The third-order valence-electron chi connectivity index (χ3n) is 1.38. The molecule has 0 amide bonds. The predicted molar refractivity (Wildman–Crippen MR) is 55.2 cm³/mol. The number of carbonyl (C=O) groups excluding carboxylic acids is 1. The van der Waals surface area contributed by atoms with E-state index in [1.165, 1.54) is 11.0 Å². The number of aliphatic imine (C=N–C) groups is 1. The van der Waals surface area contributed by atoms with Crippen molar-refractivity contribution in [3.8, 4) is 0 Å². The van der Waals surface area contributed by atoms with Gasteiger partial charge in [-0.3, -0.25) is 0 Å². The van der Waals surface area contributed by atoms with Gasteiger partial charge in [0.1, 0.15) is 0 Å². The van der Waals surface area contributed by atoms with Crippen molar-refractivity contribution in [1.82, 2.24) is 0 Å². The lowest BCUT2D eigenvalue weighted by atomic mass is 10.3. The van der Waals surface area contributed by atoms with Crippen LogP contribution in [-0.4, -0.2) is 11.3 Å². The van der Waals surface area contributed by atoms with Gasteiger partial charge in [-0.1, -0.05) is 13.8 Å². The van der Waals surface area contributed by atoms with Crippen LogP contribution in [0.2, 0.25) is 0 Å². The maximum absolute atomic E-state index is 9.94. The van der Waals surface area contributed by atoms with E-state index in [0.717, 1.165) is 0 Å². The molecule has 0 radical (unpaired) electrons. The van der Waals surface area contributed by atoms with Crippen molar-refractivity contribution < 1.29 is 4.79 Å². The summed E-state index contributed by atoms with van der Waals surface area (Å²) in [4.78, 5) is 14.6. The van der Waals surface area contributed by atoms with Crippen LogP contribution in [0.1, 0.15) is 13.8 Å². The van der Waals surface area contributed by atoms with Crippen molar-refractivity contribution in [3.63, 3.8) is 0 Å². The van der Waals surface area contributed by atoms with E-state index in [0.29, 0.717) is 10.9 Å². The van der Waals surface area contributed by atoms with Crippen LogP contribution in [0.4, 0.5) is 5.69 Å². The van der Waals surface area contributed by atoms with E-state index in [1.807, 2.05) is 24.3 Å². The Kier molecular flexibility index (Phi) is 3.74. The Bertz CT molecular complexity index is 312. The highest BCUT2D eigenvalue weighted by Crippen LogP contribution is 2.24. The third kappa shape index (κ3) is 3.45. The van der Waals surface area contributed by atoms with Gasteiger partial charge in [0.05, 0.1) is 5.69 Å². The number of hydrogen-bond acceptors (Lipinski definition) is 3. The summed E-state index contributed by atoms with van der Waals surface area (Å²) in [6, 6.07) is 7.55. The zero-order chi connectivity index (χ0) is 9.68. The highest BCUT2D eigenvalue weighted by atomic mass is 32.2.